The summed E-state index contributed by atoms with van der Waals surface area (Å²) in [5, 5.41) is 14.2. The van der Waals surface area contributed by atoms with Crippen molar-refractivity contribution >= 4 is 11.4 Å². The van der Waals surface area contributed by atoms with Crippen LogP contribution in [0.25, 0.3) is 0 Å². The largest absolute Gasteiger partial charge is 0.384 e. The van der Waals surface area contributed by atoms with Gasteiger partial charge in [-0.1, -0.05) is 26.7 Å². The SMILES string of the molecule is CCC(CC)CNc1cc([N+](=O)[O-])c(C)cc1C. The van der Waals surface area contributed by atoms with Gasteiger partial charge in [-0.25, -0.2) is 0 Å². The van der Waals surface area contributed by atoms with Crippen molar-refractivity contribution < 1.29 is 4.92 Å². The first-order chi connectivity index (χ1) is 8.49. The molecule has 4 heteroatoms. The van der Waals surface area contributed by atoms with E-state index in [1.807, 2.05) is 13.0 Å². The summed E-state index contributed by atoms with van der Waals surface area (Å²) in [6.07, 6.45) is 2.24. The molecule has 0 aliphatic rings. The van der Waals surface area contributed by atoms with Crippen molar-refractivity contribution in [2.45, 2.75) is 40.5 Å². The average molecular weight is 250 g/mol. The van der Waals surface area contributed by atoms with Crippen molar-refractivity contribution in [1.29, 1.82) is 0 Å². The normalized spacial score (nSPS) is 10.7. The Morgan fingerprint density at radius 1 is 1.22 bits per heavy atom. The highest BCUT2D eigenvalue weighted by atomic mass is 16.6. The van der Waals surface area contributed by atoms with E-state index >= 15 is 0 Å². The molecule has 0 aliphatic heterocycles. The fourth-order valence-electron chi connectivity index (χ4n) is 2.06. The van der Waals surface area contributed by atoms with Gasteiger partial charge >= 0.3 is 0 Å². The van der Waals surface area contributed by atoms with Crippen LogP contribution in [-0.2, 0) is 0 Å². The first-order valence-corrected chi connectivity index (χ1v) is 6.49. The van der Waals surface area contributed by atoms with Crippen molar-refractivity contribution in [3.63, 3.8) is 0 Å². The van der Waals surface area contributed by atoms with Crippen molar-refractivity contribution in [2.75, 3.05) is 11.9 Å². The Bertz CT molecular complexity index is 426. The quantitative estimate of drug-likeness (QED) is 0.612. The number of aryl methyl sites for hydroxylation is 2. The van der Waals surface area contributed by atoms with Crippen LogP contribution in [0.2, 0.25) is 0 Å². The number of nitrogens with one attached hydrogen (secondary N) is 1. The molecule has 0 radical (unpaired) electrons. The molecule has 0 saturated carbocycles. The van der Waals surface area contributed by atoms with Gasteiger partial charge in [-0.2, -0.15) is 0 Å². The van der Waals surface area contributed by atoms with Gasteiger partial charge in [0.15, 0.2) is 0 Å². The van der Waals surface area contributed by atoms with Crippen molar-refractivity contribution in [3.05, 3.63) is 33.4 Å². The molecule has 18 heavy (non-hydrogen) atoms. The van der Waals surface area contributed by atoms with Crippen LogP contribution in [0, 0.1) is 29.9 Å². The van der Waals surface area contributed by atoms with Gasteiger partial charge in [0.2, 0.25) is 0 Å². The number of benzene rings is 1. The number of rotatable bonds is 6. The van der Waals surface area contributed by atoms with Gasteiger partial charge in [0.05, 0.1) is 4.92 Å². The average Bonchev–Trinajstić information content (AvgIpc) is 2.32. The van der Waals surface area contributed by atoms with Crippen LogP contribution >= 0.6 is 0 Å². The van der Waals surface area contributed by atoms with E-state index in [9.17, 15) is 10.1 Å². The molecule has 100 valence electrons. The second-order valence-electron chi connectivity index (χ2n) is 4.77. The highest BCUT2D eigenvalue weighted by molar-refractivity contribution is 5.60. The zero-order valence-electron chi connectivity index (χ0n) is 11.6. The Balaban J connectivity index is 2.88. The zero-order valence-corrected chi connectivity index (χ0v) is 11.6. The minimum absolute atomic E-state index is 0.188. The van der Waals surface area contributed by atoms with Gasteiger partial charge < -0.3 is 5.32 Å². The molecular weight excluding hydrogens is 228 g/mol. The molecule has 0 heterocycles. The Morgan fingerprint density at radius 2 is 1.83 bits per heavy atom. The molecule has 1 aromatic carbocycles. The second-order valence-corrected chi connectivity index (χ2v) is 4.77. The lowest BCUT2D eigenvalue weighted by molar-refractivity contribution is -0.385. The highest BCUT2D eigenvalue weighted by Gasteiger charge is 2.14. The summed E-state index contributed by atoms with van der Waals surface area (Å²) in [6, 6.07) is 3.51. The van der Waals surface area contributed by atoms with Crippen LogP contribution in [0.5, 0.6) is 0 Å². The summed E-state index contributed by atoms with van der Waals surface area (Å²) < 4.78 is 0. The topological polar surface area (TPSA) is 55.2 Å². The van der Waals surface area contributed by atoms with Crippen LogP contribution in [0.1, 0.15) is 37.8 Å². The van der Waals surface area contributed by atoms with E-state index in [1.165, 1.54) is 0 Å². The third kappa shape index (κ3) is 3.45. The lowest BCUT2D eigenvalue weighted by Crippen LogP contribution is -2.13. The number of hydrogen-bond donors (Lipinski definition) is 1. The fourth-order valence-corrected chi connectivity index (χ4v) is 2.06. The Kier molecular flexibility index (Phi) is 5.13. The maximum atomic E-state index is 10.9. The third-order valence-electron chi connectivity index (χ3n) is 3.48. The van der Waals surface area contributed by atoms with Gasteiger partial charge in [0, 0.05) is 23.9 Å². The lowest BCUT2D eigenvalue weighted by atomic mass is 10.0. The summed E-state index contributed by atoms with van der Waals surface area (Å²) in [5.74, 6) is 0.616. The van der Waals surface area contributed by atoms with Crippen molar-refractivity contribution in [1.82, 2.24) is 0 Å². The third-order valence-corrected chi connectivity index (χ3v) is 3.48. The molecule has 0 saturated heterocycles. The van der Waals surface area contributed by atoms with Crippen molar-refractivity contribution in [2.24, 2.45) is 5.92 Å². The van der Waals surface area contributed by atoms with Crippen molar-refractivity contribution in [3.8, 4) is 0 Å². The molecule has 1 aromatic rings. The standard InChI is InChI=1S/C14H22N2O2/c1-5-12(6-2)9-15-13-8-14(16(17)18)11(4)7-10(13)3/h7-8,12,15H,5-6,9H2,1-4H3. The van der Waals surface area contributed by atoms with Crippen LogP contribution in [0.15, 0.2) is 12.1 Å². The number of nitro benzene ring substituents is 1. The molecule has 0 amide bonds. The fraction of sp³-hybridized carbons (Fsp3) is 0.571. The van der Waals surface area contributed by atoms with E-state index < -0.39 is 0 Å². The second kappa shape index (κ2) is 6.38. The molecule has 0 aromatic heterocycles. The molecule has 0 bridgehead atoms. The van der Waals surface area contributed by atoms with Crippen LogP contribution in [-0.4, -0.2) is 11.5 Å². The molecule has 0 fully saturated rings. The number of hydrogen-bond acceptors (Lipinski definition) is 3. The van der Waals surface area contributed by atoms with E-state index in [1.54, 1.807) is 13.0 Å². The van der Waals surface area contributed by atoms with Gasteiger partial charge in [0.25, 0.3) is 5.69 Å². The van der Waals surface area contributed by atoms with E-state index in [-0.39, 0.29) is 10.6 Å². The summed E-state index contributed by atoms with van der Waals surface area (Å²) >= 11 is 0. The Morgan fingerprint density at radius 3 is 2.33 bits per heavy atom. The maximum Gasteiger partial charge on any atom is 0.274 e. The summed E-state index contributed by atoms with van der Waals surface area (Å²) in [7, 11) is 0. The monoisotopic (exact) mass is 250 g/mol. The van der Waals surface area contributed by atoms with Crippen LogP contribution < -0.4 is 5.32 Å². The van der Waals surface area contributed by atoms with Gasteiger partial charge in [-0.05, 0) is 31.4 Å². The molecule has 1 N–H and O–H groups in total. The Hall–Kier alpha value is -1.58. The zero-order chi connectivity index (χ0) is 13.7. The summed E-state index contributed by atoms with van der Waals surface area (Å²) in [4.78, 5) is 10.6. The lowest BCUT2D eigenvalue weighted by Gasteiger charge is -2.16. The predicted molar refractivity (Wildman–Crippen MR) is 75.1 cm³/mol. The molecule has 0 atom stereocenters. The van der Waals surface area contributed by atoms with E-state index in [2.05, 4.69) is 19.2 Å². The van der Waals surface area contributed by atoms with E-state index in [4.69, 9.17) is 0 Å². The van der Waals surface area contributed by atoms with Gasteiger partial charge in [-0.3, -0.25) is 10.1 Å². The highest BCUT2D eigenvalue weighted by Crippen LogP contribution is 2.26. The number of nitrogens with zero attached hydrogens (tertiary/aromatic N) is 1. The summed E-state index contributed by atoms with van der Waals surface area (Å²) in [6.45, 7) is 8.95. The minimum Gasteiger partial charge on any atom is -0.384 e. The summed E-state index contributed by atoms with van der Waals surface area (Å²) in [5.41, 5.74) is 2.83. The number of nitro groups is 1. The molecule has 4 nitrogen and oxygen atoms in total. The molecular formula is C14H22N2O2. The Labute approximate surface area is 109 Å². The molecule has 0 unspecified atom stereocenters. The van der Waals surface area contributed by atoms with E-state index in [0.29, 0.717) is 11.5 Å². The minimum atomic E-state index is -0.322. The van der Waals surface area contributed by atoms with E-state index in [0.717, 1.165) is 30.6 Å². The van der Waals surface area contributed by atoms with Crippen LogP contribution in [0.4, 0.5) is 11.4 Å². The smallest absolute Gasteiger partial charge is 0.274 e. The molecule has 1 rings (SSSR count). The first kappa shape index (κ1) is 14.5. The van der Waals surface area contributed by atoms with Crippen LogP contribution in [0.3, 0.4) is 0 Å². The molecule has 0 spiro atoms. The van der Waals surface area contributed by atoms with Gasteiger partial charge in [0.1, 0.15) is 0 Å². The number of anilines is 1. The predicted octanol–water partition coefficient (Wildman–Crippen LogP) is 4.06. The van der Waals surface area contributed by atoms with Gasteiger partial charge in [-0.15, -0.1) is 0 Å². The first-order valence-electron chi connectivity index (χ1n) is 6.49. The maximum absolute atomic E-state index is 10.9. The molecule has 0 aliphatic carbocycles.